The van der Waals surface area contributed by atoms with Gasteiger partial charge in [-0.1, -0.05) is 22.9 Å². The lowest BCUT2D eigenvalue weighted by molar-refractivity contribution is 0.204. The minimum absolute atomic E-state index is 0.138. The van der Waals surface area contributed by atoms with E-state index in [4.69, 9.17) is 9.26 Å². The largest absolute Gasteiger partial charge is 0.494 e. The predicted octanol–water partition coefficient (Wildman–Crippen LogP) is 2.90. The van der Waals surface area contributed by atoms with E-state index in [-0.39, 0.29) is 6.03 Å². The number of rotatable bonds is 7. The molecule has 1 heterocycles. The lowest BCUT2D eigenvalue weighted by Gasteiger charge is -2.16. The molecule has 2 amide bonds. The molecule has 0 radical (unpaired) electrons. The fourth-order valence-electron chi connectivity index (χ4n) is 2.03. The van der Waals surface area contributed by atoms with Gasteiger partial charge in [0.15, 0.2) is 0 Å². The number of hydrogen-bond acceptors (Lipinski definition) is 4. The summed E-state index contributed by atoms with van der Waals surface area (Å²) >= 11 is 0. The molecular formula is C17H23N3O3. The van der Waals surface area contributed by atoms with Gasteiger partial charge in [-0.2, -0.15) is 0 Å². The number of benzene rings is 1. The van der Waals surface area contributed by atoms with Gasteiger partial charge in [0.1, 0.15) is 17.2 Å². The molecule has 1 aromatic carbocycles. The molecule has 0 spiro atoms. The van der Waals surface area contributed by atoms with Crippen LogP contribution in [-0.4, -0.2) is 36.3 Å². The maximum Gasteiger partial charge on any atom is 0.317 e. The summed E-state index contributed by atoms with van der Waals surface area (Å²) < 4.78 is 10.6. The fraction of sp³-hybridized carbons (Fsp3) is 0.412. The second-order valence-electron chi connectivity index (χ2n) is 5.53. The molecule has 2 aromatic rings. The van der Waals surface area contributed by atoms with Crippen molar-refractivity contribution in [3.05, 3.63) is 47.3 Å². The SMILES string of the molecule is Cc1ccc(OCCCNC(=O)N(C)Cc2cc(C)on2)cc1. The first-order valence-electron chi connectivity index (χ1n) is 7.65. The monoisotopic (exact) mass is 317 g/mol. The van der Waals surface area contributed by atoms with Gasteiger partial charge in [0.2, 0.25) is 0 Å². The van der Waals surface area contributed by atoms with Crippen LogP contribution >= 0.6 is 0 Å². The fourth-order valence-corrected chi connectivity index (χ4v) is 2.03. The van der Waals surface area contributed by atoms with Gasteiger partial charge in [-0.05, 0) is 32.4 Å². The van der Waals surface area contributed by atoms with Crippen molar-refractivity contribution in [2.24, 2.45) is 0 Å². The zero-order valence-electron chi connectivity index (χ0n) is 13.8. The van der Waals surface area contributed by atoms with Crippen molar-refractivity contribution in [1.82, 2.24) is 15.4 Å². The van der Waals surface area contributed by atoms with E-state index in [1.807, 2.05) is 44.2 Å². The van der Waals surface area contributed by atoms with Gasteiger partial charge in [-0.25, -0.2) is 4.79 Å². The molecule has 1 aromatic heterocycles. The summed E-state index contributed by atoms with van der Waals surface area (Å²) in [7, 11) is 1.72. The van der Waals surface area contributed by atoms with Crippen molar-refractivity contribution in [3.63, 3.8) is 0 Å². The van der Waals surface area contributed by atoms with E-state index in [0.717, 1.165) is 23.6 Å². The highest BCUT2D eigenvalue weighted by molar-refractivity contribution is 5.73. The molecule has 6 nitrogen and oxygen atoms in total. The zero-order valence-corrected chi connectivity index (χ0v) is 13.8. The van der Waals surface area contributed by atoms with Crippen LogP contribution < -0.4 is 10.1 Å². The Kier molecular flexibility index (Phi) is 6.02. The standard InChI is InChI=1S/C17H23N3O3/c1-13-5-7-16(8-6-13)22-10-4-9-18-17(21)20(3)12-15-11-14(2)23-19-15/h5-8,11H,4,9-10,12H2,1-3H3,(H,18,21). The molecule has 0 saturated carbocycles. The Morgan fingerprint density at radius 1 is 1.30 bits per heavy atom. The molecule has 0 aliphatic rings. The zero-order chi connectivity index (χ0) is 16.7. The number of hydrogen-bond donors (Lipinski definition) is 1. The number of carbonyl (C=O) groups is 1. The molecule has 6 heteroatoms. The average Bonchev–Trinajstić information content (AvgIpc) is 2.93. The first-order chi connectivity index (χ1) is 11.0. The lowest BCUT2D eigenvalue weighted by Crippen LogP contribution is -2.37. The summed E-state index contributed by atoms with van der Waals surface area (Å²) in [5.41, 5.74) is 1.94. The summed E-state index contributed by atoms with van der Waals surface area (Å²) in [6.45, 7) is 5.41. The highest BCUT2D eigenvalue weighted by atomic mass is 16.5. The Hall–Kier alpha value is -2.50. The van der Waals surface area contributed by atoms with E-state index in [2.05, 4.69) is 10.5 Å². The van der Waals surface area contributed by atoms with Crippen LogP contribution in [0.1, 0.15) is 23.4 Å². The molecule has 0 atom stereocenters. The summed E-state index contributed by atoms with van der Waals surface area (Å²) in [6.07, 6.45) is 0.747. The van der Waals surface area contributed by atoms with Crippen molar-refractivity contribution in [1.29, 1.82) is 0 Å². The van der Waals surface area contributed by atoms with Crippen LogP contribution in [0.5, 0.6) is 5.75 Å². The van der Waals surface area contributed by atoms with Crippen LogP contribution in [-0.2, 0) is 6.54 Å². The Labute approximate surface area is 136 Å². The lowest BCUT2D eigenvalue weighted by atomic mass is 10.2. The highest BCUT2D eigenvalue weighted by Gasteiger charge is 2.10. The molecule has 0 bridgehead atoms. The van der Waals surface area contributed by atoms with Crippen molar-refractivity contribution < 1.29 is 14.1 Å². The second kappa shape index (κ2) is 8.22. The van der Waals surface area contributed by atoms with Gasteiger partial charge in [-0.3, -0.25) is 0 Å². The Bertz CT molecular complexity index is 622. The minimum atomic E-state index is -0.138. The van der Waals surface area contributed by atoms with Gasteiger partial charge >= 0.3 is 6.03 Å². The van der Waals surface area contributed by atoms with Crippen LogP contribution in [0.15, 0.2) is 34.9 Å². The van der Waals surface area contributed by atoms with Gasteiger partial charge in [0, 0.05) is 19.7 Å². The maximum atomic E-state index is 11.9. The van der Waals surface area contributed by atoms with E-state index in [1.54, 1.807) is 11.9 Å². The Balaban J connectivity index is 1.61. The van der Waals surface area contributed by atoms with E-state index < -0.39 is 0 Å². The number of carbonyl (C=O) groups excluding carboxylic acids is 1. The number of aromatic nitrogens is 1. The maximum absolute atomic E-state index is 11.9. The second-order valence-corrected chi connectivity index (χ2v) is 5.53. The van der Waals surface area contributed by atoms with Crippen molar-refractivity contribution in [2.45, 2.75) is 26.8 Å². The van der Waals surface area contributed by atoms with Crippen molar-refractivity contribution in [2.75, 3.05) is 20.2 Å². The highest BCUT2D eigenvalue weighted by Crippen LogP contribution is 2.11. The molecule has 0 fully saturated rings. The molecule has 0 unspecified atom stereocenters. The van der Waals surface area contributed by atoms with Crippen molar-refractivity contribution >= 4 is 6.03 Å². The summed E-state index contributed by atoms with van der Waals surface area (Å²) in [5, 5.41) is 6.72. The summed E-state index contributed by atoms with van der Waals surface area (Å²) in [4.78, 5) is 13.5. The Morgan fingerprint density at radius 3 is 2.70 bits per heavy atom. The third kappa shape index (κ3) is 5.65. The smallest absolute Gasteiger partial charge is 0.317 e. The molecule has 0 aliphatic heterocycles. The average molecular weight is 317 g/mol. The molecule has 2 rings (SSSR count). The number of ether oxygens (including phenoxy) is 1. The molecule has 0 aliphatic carbocycles. The molecular weight excluding hydrogens is 294 g/mol. The molecule has 0 saturated heterocycles. The predicted molar refractivity (Wildman–Crippen MR) is 87.4 cm³/mol. The number of urea groups is 1. The number of nitrogens with zero attached hydrogens (tertiary/aromatic N) is 2. The van der Waals surface area contributed by atoms with E-state index >= 15 is 0 Å². The number of aryl methyl sites for hydroxylation is 2. The van der Waals surface area contributed by atoms with Crippen LogP contribution in [0, 0.1) is 13.8 Å². The van der Waals surface area contributed by atoms with E-state index in [1.165, 1.54) is 5.56 Å². The topological polar surface area (TPSA) is 67.6 Å². The molecule has 1 N–H and O–H groups in total. The number of nitrogens with one attached hydrogen (secondary N) is 1. The van der Waals surface area contributed by atoms with Crippen LogP contribution in [0.25, 0.3) is 0 Å². The van der Waals surface area contributed by atoms with Crippen LogP contribution in [0.2, 0.25) is 0 Å². The third-order valence-corrected chi connectivity index (χ3v) is 3.31. The van der Waals surface area contributed by atoms with E-state index in [0.29, 0.717) is 19.7 Å². The minimum Gasteiger partial charge on any atom is -0.494 e. The quantitative estimate of drug-likeness (QED) is 0.797. The normalized spacial score (nSPS) is 10.4. The first-order valence-corrected chi connectivity index (χ1v) is 7.65. The van der Waals surface area contributed by atoms with Gasteiger partial charge in [0.05, 0.1) is 13.2 Å². The Morgan fingerprint density at radius 2 is 2.04 bits per heavy atom. The van der Waals surface area contributed by atoms with Crippen LogP contribution in [0.4, 0.5) is 4.79 Å². The van der Waals surface area contributed by atoms with Crippen molar-refractivity contribution in [3.8, 4) is 5.75 Å². The van der Waals surface area contributed by atoms with Crippen LogP contribution in [0.3, 0.4) is 0 Å². The van der Waals surface area contributed by atoms with E-state index in [9.17, 15) is 4.79 Å². The molecule has 124 valence electrons. The first kappa shape index (κ1) is 16.9. The summed E-state index contributed by atoms with van der Waals surface area (Å²) in [6, 6.07) is 9.60. The van der Waals surface area contributed by atoms with Gasteiger partial charge < -0.3 is 19.5 Å². The van der Waals surface area contributed by atoms with Gasteiger partial charge in [-0.15, -0.1) is 0 Å². The summed E-state index contributed by atoms with van der Waals surface area (Å²) in [5.74, 6) is 1.59. The number of amides is 2. The molecule has 23 heavy (non-hydrogen) atoms. The third-order valence-electron chi connectivity index (χ3n) is 3.31. The van der Waals surface area contributed by atoms with Gasteiger partial charge in [0.25, 0.3) is 0 Å².